The van der Waals surface area contributed by atoms with Crippen LogP contribution in [0.5, 0.6) is 0 Å². The third-order valence-corrected chi connectivity index (χ3v) is 4.59. The summed E-state index contributed by atoms with van der Waals surface area (Å²) in [5, 5.41) is 8.44. The van der Waals surface area contributed by atoms with Gasteiger partial charge in [0.1, 0.15) is 0 Å². The van der Waals surface area contributed by atoms with Gasteiger partial charge in [-0.05, 0) is 31.3 Å². The summed E-state index contributed by atoms with van der Waals surface area (Å²) in [4.78, 5) is 12.6. The average Bonchev–Trinajstić information content (AvgIpc) is 3.07. The highest BCUT2D eigenvalue weighted by molar-refractivity contribution is 5.78. The number of piperazine rings is 1. The van der Waals surface area contributed by atoms with Gasteiger partial charge < -0.3 is 15.1 Å². The van der Waals surface area contributed by atoms with E-state index in [1.54, 1.807) is 0 Å². The summed E-state index contributed by atoms with van der Waals surface area (Å²) in [6.07, 6.45) is -3.40. The highest BCUT2D eigenvalue weighted by atomic mass is 19.4. The average molecular weight is 377 g/mol. The van der Waals surface area contributed by atoms with Crippen LogP contribution in [0, 0.1) is 0 Å². The third-order valence-electron chi connectivity index (χ3n) is 4.59. The molecule has 0 radical (unpaired) electrons. The lowest BCUT2D eigenvalue weighted by Gasteiger charge is -2.34. The monoisotopic (exact) mass is 377 g/mol. The van der Waals surface area contributed by atoms with Gasteiger partial charge in [0.15, 0.2) is 11.3 Å². The molecule has 0 atom stereocenters. The molecule has 142 valence electrons. The van der Waals surface area contributed by atoms with Gasteiger partial charge in [0.2, 0.25) is 5.95 Å². The van der Waals surface area contributed by atoms with Crippen LogP contribution in [0.3, 0.4) is 0 Å². The normalized spacial score (nSPS) is 16.1. The number of H-pyrrole nitrogens is 1. The maximum atomic E-state index is 12.9. The van der Waals surface area contributed by atoms with Crippen LogP contribution in [-0.2, 0) is 6.18 Å². The van der Waals surface area contributed by atoms with Crippen LogP contribution in [0.4, 0.5) is 30.5 Å². The molecule has 1 aliphatic rings. The van der Waals surface area contributed by atoms with Crippen molar-refractivity contribution in [3.8, 4) is 0 Å². The molecule has 4 rings (SSSR count). The van der Waals surface area contributed by atoms with Crippen molar-refractivity contribution in [2.24, 2.45) is 0 Å². The zero-order valence-electron chi connectivity index (χ0n) is 14.6. The van der Waals surface area contributed by atoms with E-state index in [1.165, 1.54) is 0 Å². The molecule has 0 bridgehead atoms. The molecule has 1 fully saturated rings. The van der Waals surface area contributed by atoms with E-state index in [4.69, 9.17) is 0 Å². The molecule has 0 spiro atoms. The number of rotatable bonds is 3. The van der Waals surface area contributed by atoms with Crippen molar-refractivity contribution in [1.82, 2.24) is 25.1 Å². The zero-order chi connectivity index (χ0) is 19.0. The fourth-order valence-corrected chi connectivity index (χ4v) is 3.03. The molecule has 2 aromatic heterocycles. The molecule has 2 N–H and O–H groups in total. The van der Waals surface area contributed by atoms with Crippen molar-refractivity contribution < 1.29 is 13.2 Å². The van der Waals surface area contributed by atoms with Crippen LogP contribution < -0.4 is 10.2 Å². The number of halogens is 3. The molecule has 1 saturated heterocycles. The minimum Gasteiger partial charge on any atom is -0.369 e. The van der Waals surface area contributed by atoms with Crippen LogP contribution in [0.1, 0.15) is 5.69 Å². The van der Waals surface area contributed by atoms with E-state index < -0.39 is 11.9 Å². The molecular weight excluding hydrogens is 359 g/mol. The predicted octanol–water partition coefficient (Wildman–Crippen LogP) is 2.87. The summed E-state index contributed by atoms with van der Waals surface area (Å²) in [5.74, 6) is 0.190. The molecule has 3 aromatic rings. The number of likely N-dealkylation sites (N-methyl/N-ethyl adjacent to an activating group) is 1. The highest BCUT2D eigenvalue weighted by Gasteiger charge is 2.35. The molecule has 0 aliphatic carbocycles. The van der Waals surface area contributed by atoms with E-state index in [9.17, 15) is 13.2 Å². The number of fused-ring (bicyclic) bond motifs is 1. The molecule has 1 aliphatic heterocycles. The minimum atomic E-state index is -4.52. The first-order valence-electron chi connectivity index (χ1n) is 8.49. The van der Waals surface area contributed by atoms with E-state index >= 15 is 0 Å². The first kappa shape index (κ1) is 17.5. The van der Waals surface area contributed by atoms with Crippen molar-refractivity contribution in [3.63, 3.8) is 0 Å². The molecule has 7 nitrogen and oxygen atoms in total. The number of aromatic nitrogens is 4. The Morgan fingerprint density at radius 2 is 1.78 bits per heavy atom. The number of nitrogens with zero attached hydrogens (tertiary/aromatic N) is 5. The number of anilines is 3. The third kappa shape index (κ3) is 3.65. The van der Waals surface area contributed by atoms with Crippen molar-refractivity contribution in [2.45, 2.75) is 6.18 Å². The van der Waals surface area contributed by atoms with Gasteiger partial charge in [-0.25, -0.2) is 4.98 Å². The lowest BCUT2D eigenvalue weighted by molar-refractivity contribution is -0.139. The maximum Gasteiger partial charge on any atom is 0.433 e. The van der Waals surface area contributed by atoms with Crippen molar-refractivity contribution in [3.05, 3.63) is 36.2 Å². The number of alkyl halides is 3. The summed E-state index contributed by atoms with van der Waals surface area (Å²) in [6.45, 7) is 4.00. The van der Waals surface area contributed by atoms with Gasteiger partial charge in [-0.2, -0.15) is 23.3 Å². The van der Waals surface area contributed by atoms with Gasteiger partial charge in [-0.15, -0.1) is 0 Å². The first-order chi connectivity index (χ1) is 12.9. The Kier molecular flexibility index (Phi) is 4.34. The van der Waals surface area contributed by atoms with Gasteiger partial charge in [0, 0.05) is 43.8 Å². The Labute approximate surface area is 153 Å². The Morgan fingerprint density at radius 3 is 2.44 bits per heavy atom. The first-order valence-corrected chi connectivity index (χ1v) is 8.49. The standard InChI is InChI=1S/C17H18F3N7/c1-26-6-8-27(9-7-26)12-4-2-11(3-5-12)22-16-21-10-13-14(17(18,19)20)24-25-15(13)23-16/h2-5,10H,6-9H2,1H3,(H2,21,22,23,24,25). The van der Waals surface area contributed by atoms with Gasteiger partial charge in [0.05, 0.1) is 5.39 Å². The second-order valence-electron chi connectivity index (χ2n) is 6.49. The van der Waals surface area contributed by atoms with Crippen LogP contribution in [0.15, 0.2) is 30.5 Å². The van der Waals surface area contributed by atoms with Crippen LogP contribution in [-0.4, -0.2) is 58.3 Å². The maximum absolute atomic E-state index is 12.9. The predicted molar refractivity (Wildman–Crippen MR) is 96.1 cm³/mol. The van der Waals surface area contributed by atoms with E-state index in [0.29, 0.717) is 0 Å². The summed E-state index contributed by atoms with van der Waals surface area (Å²) in [7, 11) is 2.11. The number of hydrogen-bond donors (Lipinski definition) is 2. The molecule has 3 heterocycles. The molecule has 0 amide bonds. The topological polar surface area (TPSA) is 73.0 Å². The number of hydrogen-bond acceptors (Lipinski definition) is 6. The molecule has 0 saturated carbocycles. The van der Waals surface area contributed by atoms with Crippen LogP contribution in [0.25, 0.3) is 11.0 Å². The molecule has 0 unspecified atom stereocenters. The second-order valence-corrected chi connectivity index (χ2v) is 6.49. The van der Waals surface area contributed by atoms with Crippen molar-refractivity contribution >= 4 is 28.4 Å². The highest BCUT2D eigenvalue weighted by Crippen LogP contribution is 2.32. The van der Waals surface area contributed by atoms with Gasteiger partial charge >= 0.3 is 6.18 Å². The minimum absolute atomic E-state index is 0.0334. The smallest absolute Gasteiger partial charge is 0.369 e. The largest absolute Gasteiger partial charge is 0.433 e. The Bertz CT molecular complexity index is 928. The Hall–Kier alpha value is -2.88. The summed E-state index contributed by atoms with van der Waals surface area (Å²) in [5.41, 5.74) is 0.903. The summed E-state index contributed by atoms with van der Waals surface area (Å²) in [6, 6.07) is 7.80. The quantitative estimate of drug-likeness (QED) is 0.731. The lowest BCUT2D eigenvalue weighted by Crippen LogP contribution is -2.44. The second kappa shape index (κ2) is 6.69. The van der Waals surface area contributed by atoms with Crippen LogP contribution >= 0.6 is 0 Å². The van der Waals surface area contributed by atoms with E-state index in [0.717, 1.165) is 43.8 Å². The van der Waals surface area contributed by atoms with Gasteiger partial charge in [0.25, 0.3) is 0 Å². The fraction of sp³-hybridized carbons (Fsp3) is 0.353. The van der Waals surface area contributed by atoms with Crippen molar-refractivity contribution in [2.75, 3.05) is 43.4 Å². The van der Waals surface area contributed by atoms with Crippen LogP contribution in [0.2, 0.25) is 0 Å². The number of nitrogens with one attached hydrogen (secondary N) is 2. The number of aromatic amines is 1. The molecule has 1 aromatic carbocycles. The fourth-order valence-electron chi connectivity index (χ4n) is 3.03. The number of benzene rings is 1. The zero-order valence-corrected chi connectivity index (χ0v) is 14.6. The summed E-state index contributed by atoms with van der Waals surface area (Å²) >= 11 is 0. The van der Waals surface area contributed by atoms with E-state index in [1.807, 2.05) is 29.4 Å². The van der Waals surface area contributed by atoms with E-state index in [2.05, 4.69) is 37.2 Å². The van der Waals surface area contributed by atoms with Gasteiger partial charge in [-0.1, -0.05) is 0 Å². The van der Waals surface area contributed by atoms with Crippen molar-refractivity contribution in [1.29, 1.82) is 0 Å². The SMILES string of the molecule is CN1CCN(c2ccc(Nc3ncc4c(C(F)(F)F)[nH]nc4n3)cc2)CC1. The molecule has 10 heteroatoms. The molecule has 27 heavy (non-hydrogen) atoms. The molecular formula is C17H18F3N7. The Balaban J connectivity index is 1.49. The lowest BCUT2D eigenvalue weighted by atomic mass is 10.2. The van der Waals surface area contributed by atoms with Gasteiger partial charge in [-0.3, -0.25) is 5.10 Å². The van der Waals surface area contributed by atoms with E-state index in [-0.39, 0.29) is 17.0 Å². The Morgan fingerprint density at radius 1 is 1.07 bits per heavy atom. The summed E-state index contributed by atoms with van der Waals surface area (Å²) < 4.78 is 38.6.